The van der Waals surface area contributed by atoms with Crippen molar-refractivity contribution in [2.24, 2.45) is 0 Å². The van der Waals surface area contributed by atoms with E-state index in [4.69, 9.17) is 9.47 Å². The van der Waals surface area contributed by atoms with Crippen LogP contribution >= 0.6 is 0 Å². The van der Waals surface area contributed by atoms with Crippen molar-refractivity contribution in [3.63, 3.8) is 0 Å². The van der Waals surface area contributed by atoms with E-state index in [0.29, 0.717) is 17.1 Å². The summed E-state index contributed by atoms with van der Waals surface area (Å²) in [6.07, 6.45) is -0.764. The molecule has 0 aliphatic heterocycles. The molecule has 0 aromatic heterocycles. The van der Waals surface area contributed by atoms with E-state index in [0.717, 1.165) is 22.4 Å². The van der Waals surface area contributed by atoms with E-state index in [1.807, 2.05) is 63.2 Å². The molecule has 0 fully saturated rings. The van der Waals surface area contributed by atoms with Gasteiger partial charge in [-0.1, -0.05) is 35.4 Å². The fraction of sp³-hybridized carbons (Fsp3) is 0.200. The summed E-state index contributed by atoms with van der Waals surface area (Å²) in [4.78, 5) is 24.8. The second-order valence-electron chi connectivity index (χ2n) is 7.29. The Morgan fingerprint density at radius 3 is 2.03 bits per heavy atom. The van der Waals surface area contributed by atoms with E-state index in [9.17, 15) is 9.59 Å². The Kier molecular flexibility index (Phi) is 6.52. The second kappa shape index (κ2) is 9.27. The molecule has 0 heterocycles. The molecule has 1 N–H and O–H groups in total. The number of carbonyl (C=O) groups excluding carboxylic acids is 2. The first-order chi connectivity index (χ1) is 14.3. The summed E-state index contributed by atoms with van der Waals surface area (Å²) in [6, 6.07) is 19.7. The molecule has 0 radical (unpaired) electrons. The summed E-state index contributed by atoms with van der Waals surface area (Å²) in [5, 5.41) is 2.90. The summed E-state index contributed by atoms with van der Waals surface area (Å²) in [6.45, 7) is 7.57. The molecule has 3 aromatic rings. The van der Waals surface area contributed by atoms with Gasteiger partial charge in [-0.15, -0.1) is 0 Å². The summed E-state index contributed by atoms with van der Waals surface area (Å²) >= 11 is 0. The van der Waals surface area contributed by atoms with Gasteiger partial charge >= 0.3 is 5.97 Å². The minimum atomic E-state index is -0.764. The highest BCUT2D eigenvalue weighted by molar-refractivity contribution is 6.04. The van der Waals surface area contributed by atoms with Gasteiger partial charge in [-0.3, -0.25) is 4.79 Å². The Morgan fingerprint density at radius 1 is 0.800 bits per heavy atom. The highest BCUT2D eigenvalue weighted by Gasteiger charge is 2.17. The second-order valence-corrected chi connectivity index (χ2v) is 7.29. The highest BCUT2D eigenvalue weighted by Crippen LogP contribution is 2.19. The van der Waals surface area contributed by atoms with Gasteiger partial charge < -0.3 is 14.8 Å². The molecule has 30 heavy (non-hydrogen) atoms. The van der Waals surface area contributed by atoms with Gasteiger partial charge in [0, 0.05) is 11.3 Å². The zero-order chi connectivity index (χ0) is 21.7. The lowest BCUT2D eigenvalue weighted by molar-refractivity contribution is -0.141. The van der Waals surface area contributed by atoms with Gasteiger partial charge in [-0.25, -0.2) is 4.79 Å². The molecule has 1 atom stereocenters. The predicted octanol–water partition coefficient (Wildman–Crippen LogP) is 5.24. The molecular weight excluding hydrogens is 378 g/mol. The van der Waals surface area contributed by atoms with Crippen molar-refractivity contribution < 1.29 is 19.1 Å². The van der Waals surface area contributed by atoms with Crippen molar-refractivity contribution in [2.75, 3.05) is 5.32 Å². The summed E-state index contributed by atoms with van der Waals surface area (Å²) in [7, 11) is 0. The summed E-state index contributed by atoms with van der Waals surface area (Å²) in [5.74, 6) is 0.213. The van der Waals surface area contributed by atoms with Crippen molar-refractivity contribution in [1.29, 1.82) is 0 Å². The number of nitrogens with one attached hydrogen (secondary N) is 1. The first-order valence-corrected chi connectivity index (χ1v) is 9.75. The van der Waals surface area contributed by atoms with Gasteiger partial charge in [0.2, 0.25) is 0 Å². The van der Waals surface area contributed by atoms with E-state index in [1.54, 1.807) is 31.2 Å². The Balaban J connectivity index is 1.58. The first kappa shape index (κ1) is 21.1. The van der Waals surface area contributed by atoms with Crippen molar-refractivity contribution >= 4 is 17.6 Å². The van der Waals surface area contributed by atoms with Gasteiger partial charge in [0.25, 0.3) is 5.91 Å². The standard InChI is InChI=1S/C25H25NO4/c1-16-5-10-21(11-6-16)29-19(4)25(28)30-22-12-8-20(9-13-22)24(27)26-23-14-7-17(2)15-18(23)3/h5-15,19H,1-4H3,(H,26,27). The predicted molar refractivity (Wildman–Crippen MR) is 117 cm³/mol. The number of anilines is 1. The SMILES string of the molecule is Cc1ccc(OC(C)C(=O)Oc2ccc(C(=O)Nc3ccc(C)cc3C)cc2)cc1. The minimum Gasteiger partial charge on any atom is -0.479 e. The molecule has 0 aliphatic carbocycles. The molecule has 1 amide bonds. The van der Waals surface area contributed by atoms with Crippen LogP contribution in [0.3, 0.4) is 0 Å². The van der Waals surface area contributed by atoms with Crippen LogP contribution in [-0.2, 0) is 4.79 Å². The monoisotopic (exact) mass is 403 g/mol. The molecule has 0 saturated heterocycles. The molecule has 0 saturated carbocycles. The Labute approximate surface area is 176 Å². The maximum atomic E-state index is 12.5. The van der Waals surface area contributed by atoms with E-state index < -0.39 is 12.1 Å². The normalized spacial score (nSPS) is 11.5. The van der Waals surface area contributed by atoms with Gasteiger partial charge in [-0.2, -0.15) is 0 Å². The number of ether oxygens (including phenoxy) is 2. The lowest BCUT2D eigenvalue weighted by Gasteiger charge is -2.14. The molecule has 0 spiro atoms. The van der Waals surface area contributed by atoms with Crippen LogP contribution in [0.2, 0.25) is 0 Å². The molecular formula is C25H25NO4. The zero-order valence-corrected chi connectivity index (χ0v) is 17.6. The third-order valence-electron chi connectivity index (χ3n) is 4.63. The quantitative estimate of drug-likeness (QED) is 0.452. The number of hydrogen-bond acceptors (Lipinski definition) is 4. The lowest BCUT2D eigenvalue weighted by Crippen LogP contribution is -2.28. The lowest BCUT2D eigenvalue weighted by atomic mass is 10.1. The molecule has 5 heteroatoms. The number of benzene rings is 3. The molecule has 0 bridgehead atoms. The smallest absolute Gasteiger partial charge is 0.352 e. The van der Waals surface area contributed by atoms with Gasteiger partial charge in [0.15, 0.2) is 6.10 Å². The molecule has 5 nitrogen and oxygen atoms in total. The molecule has 0 aliphatic rings. The van der Waals surface area contributed by atoms with E-state index in [1.165, 1.54) is 0 Å². The zero-order valence-electron chi connectivity index (χ0n) is 17.6. The first-order valence-electron chi connectivity index (χ1n) is 9.75. The fourth-order valence-electron chi connectivity index (χ4n) is 2.89. The Hall–Kier alpha value is -3.60. The van der Waals surface area contributed by atoms with Crippen molar-refractivity contribution in [3.8, 4) is 11.5 Å². The van der Waals surface area contributed by atoms with Crippen molar-refractivity contribution in [2.45, 2.75) is 33.8 Å². The van der Waals surface area contributed by atoms with Crippen LogP contribution in [0.5, 0.6) is 11.5 Å². The Morgan fingerprint density at radius 2 is 1.40 bits per heavy atom. The number of rotatable bonds is 6. The maximum Gasteiger partial charge on any atom is 0.352 e. The average Bonchev–Trinajstić information content (AvgIpc) is 2.72. The van der Waals surface area contributed by atoms with Crippen LogP contribution in [0, 0.1) is 20.8 Å². The van der Waals surface area contributed by atoms with Crippen molar-refractivity contribution in [1.82, 2.24) is 0 Å². The molecule has 154 valence electrons. The number of aryl methyl sites for hydroxylation is 3. The van der Waals surface area contributed by atoms with Crippen LogP contribution < -0.4 is 14.8 Å². The number of esters is 1. The van der Waals surface area contributed by atoms with Gasteiger partial charge in [0.1, 0.15) is 11.5 Å². The van der Waals surface area contributed by atoms with E-state index >= 15 is 0 Å². The van der Waals surface area contributed by atoms with E-state index in [-0.39, 0.29) is 5.91 Å². The Bertz CT molecular complexity index is 1040. The third-order valence-corrected chi connectivity index (χ3v) is 4.63. The van der Waals surface area contributed by atoms with Crippen LogP contribution in [-0.4, -0.2) is 18.0 Å². The molecule has 1 unspecified atom stereocenters. The minimum absolute atomic E-state index is 0.226. The summed E-state index contributed by atoms with van der Waals surface area (Å²) in [5.41, 5.74) is 4.48. The van der Waals surface area contributed by atoms with Crippen LogP contribution in [0.25, 0.3) is 0 Å². The highest BCUT2D eigenvalue weighted by atomic mass is 16.6. The topological polar surface area (TPSA) is 64.6 Å². The van der Waals surface area contributed by atoms with Crippen LogP contribution in [0.15, 0.2) is 66.7 Å². The summed E-state index contributed by atoms with van der Waals surface area (Å²) < 4.78 is 11.0. The van der Waals surface area contributed by atoms with Crippen LogP contribution in [0.1, 0.15) is 34.0 Å². The molecule has 3 rings (SSSR count). The third kappa shape index (κ3) is 5.47. The maximum absolute atomic E-state index is 12.5. The van der Waals surface area contributed by atoms with Gasteiger partial charge in [0.05, 0.1) is 0 Å². The largest absolute Gasteiger partial charge is 0.479 e. The number of amides is 1. The van der Waals surface area contributed by atoms with Crippen molar-refractivity contribution in [3.05, 3.63) is 89.0 Å². The number of hydrogen-bond donors (Lipinski definition) is 1. The number of carbonyl (C=O) groups is 2. The fourth-order valence-corrected chi connectivity index (χ4v) is 2.89. The van der Waals surface area contributed by atoms with E-state index in [2.05, 4.69) is 5.32 Å². The molecule has 3 aromatic carbocycles. The van der Waals surface area contributed by atoms with Crippen LogP contribution in [0.4, 0.5) is 5.69 Å². The average molecular weight is 403 g/mol. The van der Waals surface area contributed by atoms with Gasteiger partial charge in [-0.05, 0) is 75.7 Å².